The first-order valence-corrected chi connectivity index (χ1v) is 7.35. The van der Waals surface area contributed by atoms with E-state index in [-0.39, 0.29) is 0 Å². The second kappa shape index (κ2) is 5.19. The average Bonchev–Trinajstić information content (AvgIpc) is 2.87. The van der Waals surface area contributed by atoms with Gasteiger partial charge in [0.1, 0.15) is 0 Å². The van der Waals surface area contributed by atoms with Crippen LogP contribution in [-0.4, -0.2) is 43.1 Å². The highest BCUT2D eigenvalue weighted by Crippen LogP contribution is 2.25. The van der Waals surface area contributed by atoms with Gasteiger partial charge >= 0.3 is 0 Å². The Labute approximate surface area is 117 Å². The van der Waals surface area contributed by atoms with Crippen molar-refractivity contribution in [2.75, 3.05) is 43.9 Å². The lowest BCUT2D eigenvalue weighted by Gasteiger charge is -2.34. The minimum absolute atomic E-state index is 0.623. The normalized spacial score (nSPS) is 16.8. The average molecular weight is 274 g/mol. The van der Waals surface area contributed by atoms with Crippen LogP contribution in [0.3, 0.4) is 0 Å². The number of likely N-dealkylation sites (N-methyl/N-ethyl adjacent to an activating group) is 1. The van der Waals surface area contributed by atoms with Crippen molar-refractivity contribution in [3.63, 3.8) is 0 Å². The maximum Gasteiger partial charge on any atom is 0.180 e. The van der Waals surface area contributed by atoms with Crippen molar-refractivity contribution < 1.29 is 0 Å². The van der Waals surface area contributed by atoms with E-state index in [1.807, 2.05) is 5.38 Å². The van der Waals surface area contributed by atoms with Gasteiger partial charge < -0.3 is 15.5 Å². The van der Waals surface area contributed by atoms with Crippen LogP contribution in [0.15, 0.2) is 29.6 Å². The molecule has 0 saturated carbocycles. The molecule has 1 aliphatic rings. The molecule has 2 heterocycles. The number of aromatic nitrogens is 1. The molecule has 0 atom stereocenters. The van der Waals surface area contributed by atoms with Crippen molar-refractivity contribution in [1.29, 1.82) is 0 Å². The maximum absolute atomic E-state index is 5.67. The van der Waals surface area contributed by atoms with Gasteiger partial charge in [-0.3, -0.25) is 0 Å². The smallest absolute Gasteiger partial charge is 0.180 e. The molecule has 2 N–H and O–H groups in total. The molecule has 2 aromatic rings. The topological polar surface area (TPSA) is 45.4 Å². The van der Waals surface area contributed by atoms with Crippen LogP contribution in [0.5, 0.6) is 0 Å². The Balaban J connectivity index is 1.75. The number of nitrogens with zero attached hydrogens (tertiary/aromatic N) is 3. The number of hydrogen-bond acceptors (Lipinski definition) is 5. The third-order valence-corrected chi connectivity index (χ3v) is 4.23. The summed E-state index contributed by atoms with van der Waals surface area (Å²) in [7, 11) is 2.17. The Morgan fingerprint density at radius 1 is 1.11 bits per heavy atom. The third kappa shape index (κ3) is 2.72. The summed E-state index contributed by atoms with van der Waals surface area (Å²) in [6.07, 6.45) is 0. The maximum atomic E-state index is 5.67. The fraction of sp³-hybridized carbons (Fsp3) is 0.357. The highest BCUT2D eigenvalue weighted by Gasteiger charge is 2.14. The fourth-order valence-electron chi connectivity index (χ4n) is 2.33. The minimum Gasteiger partial charge on any atom is -0.375 e. The highest BCUT2D eigenvalue weighted by atomic mass is 32.1. The van der Waals surface area contributed by atoms with Gasteiger partial charge in [0.15, 0.2) is 5.13 Å². The zero-order chi connectivity index (χ0) is 13.2. The molecule has 4 nitrogen and oxygen atoms in total. The SMILES string of the molecule is CN1CCN(c2ccc(-c3csc(N)n3)cc2)CC1. The standard InChI is InChI=1S/C14H18N4S/c1-17-6-8-18(9-7-17)12-4-2-11(3-5-12)13-10-19-14(15)16-13/h2-5,10H,6-9H2,1H3,(H2,15,16). The highest BCUT2D eigenvalue weighted by molar-refractivity contribution is 7.13. The van der Waals surface area contributed by atoms with Crippen LogP contribution in [0.2, 0.25) is 0 Å². The number of anilines is 2. The number of rotatable bonds is 2. The van der Waals surface area contributed by atoms with Crippen LogP contribution in [0, 0.1) is 0 Å². The Bertz CT molecular complexity index is 541. The molecule has 0 aliphatic carbocycles. The Hall–Kier alpha value is -1.59. The van der Waals surface area contributed by atoms with Crippen LogP contribution >= 0.6 is 11.3 Å². The number of nitrogens with two attached hydrogens (primary N) is 1. The van der Waals surface area contributed by atoms with Crippen molar-refractivity contribution >= 4 is 22.2 Å². The zero-order valence-corrected chi connectivity index (χ0v) is 11.9. The van der Waals surface area contributed by atoms with Gasteiger partial charge in [-0.15, -0.1) is 11.3 Å². The first-order valence-electron chi connectivity index (χ1n) is 6.47. The Morgan fingerprint density at radius 3 is 2.37 bits per heavy atom. The van der Waals surface area contributed by atoms with E-state index in [1.165, 1.54) is 17.0 Å². The number of nitrogen functional groups attached to an aromatic ring is 1. The zero-order valence-electron chi connectivity index (χ0n) is 11.0. The summed E-state index contributed by atoms with van der Waals surface area (Å²) in [5.41, 5.74) is 9.06. The van der Waals surface area contributed by atoms with Crippen molar-refractivity contribution in [3.8, 4) is 11.3 Å². The molecule has 1 aliphatic heterocycles. The Kier molecular flexibility index (Phi) is 3.40. The summed E-state index contributed by atoms with van der Waals surface area (Å²) in [4.78, 5) is 9.10. The van der Waals surface area contributed by atoms with E-state index in [0.717, 1.165) is 37.4 Å². The molecule has 1 aromatic carbocycles. The predicted molar refractivity (Wildman–Crippen MR) is 81.7 cm³/mol. The van der Waals surface area contributed by atoms with Gasteiger partial charge in [0.05, 0.1) is 5.69 Å². The van der Waals surface area contributed by atoms with Crippen molar-refractivity contribution in [1.82, 2.24) is 9.88 Å². The Morgan fingerprint density at radius 2 is 1.79 bits per heavy atom. The van der Waals surface area contributed by atoms with Gasteiger partial charge in [-0.2, -0.15) is 0 Å². The second-order valence-electron chi connectivity index (χ2n) is 4.91. The number of thiazole rings is 1. The van der Waals surface area contributed by atoms with Crippen LogP contribution in [0.1, 0.15) is 0 Å². The molecule has 0 radical (unpaired) electrons. The van der Waals surface area contributed by atoms with E-state index in [2.05, 4.69) is 46.1 Å². The van der Waals surface area contributed by atoms with E-state index < -0.39 is 0 Å². The van der Waals surface area contributed by atoms with Gasteiger partial charge in [-0.1, -0.05) is 12.1 Å². The van der Waals surface area contributed by atoms with Gasteiger partial charge in [-0.05, 0) is 19.2 Å². The first-order chi connectivity index (χ1) is 9.22. The quantitative estimate of drug-likeness (QED) is 0.911. The monoisotopic (exact) mass is 274 g/mol. The fourth-order valence-corrected chi connectivity index (χ4v) is 2.90. The molecule has 1 fully saturated rings. The lowest BCUT2D eigenvalue weighted by Crippen LogP contribution is -2.44. The summed E-state index contributed by atoms with van der Waals surface area (Å²) in [6, 6.07) is 8.61. The van der Waals surface area contributed by atoms with E-state index in [0.29, 0.717) is 5.13 Å². The molecule has 1 saturated heterocycles. The van der Waals surface area contributed by atoms with Crippen molar-refractivity contribution in [2.45, 2.75) is 0 Å². The van der Waals surface area contributed by atoms with Crippen molar-refractivity contribution in [2.24, 2.45) is 0 Å². The van der Waals surface area contributed by atoms with Crippen molar-refractivity contribution in [3.05, 3.63) is 29.6 Å². The van der Waals surface area contributed by atoms with E-state index in [1.54, 1.807) is 0 Å². The lowest BCUT2D eigenvalue weighted by atomic mass is 10.1. The molecule has 3 rings (SSSR count). The summed E-state index contributed by atoms with van der Waals surface area (Å²) in [6.45, 7) is 4.45. The first kappa shape index (κ1) is 12.4. The molecule has 19 heavy (non-hydrogen) atoms. The van der Waals surface area contributed by atoms with E-state index in [9.17, 15) is 0 Å². The van der Waals surface area contributed by atoms with Gasteiger partial charge in [0, 0.05) is 42.8 Å². The molecular weight excluding hydrogens is 256 g/mol. The van der Waals surface area contributed by atoms with Gasteiger partial charge in [0.2, 0.25) is 0 Å². The lowest BCUT2D eigenvalue weighted by molar-refractivity contribution is 0.313. The van der Waals surface area contributed by atoms with Crippen LogP contribution < -0.4 is 10.6 Å². The summed E-state index contributed by atoms with van der Waals surface area (Å²) in [5.74, 6) is 0. The number of hydrogen-bond donors (Lipinski definition) is 1. The number of benzene rings is 1. The van der Waals surface area contributed by atoms with E-state index >= 15 is 0 Å². The predicted octanol–water partition coefficient (Wildman–Crippen LogP) is 2.14. The molecule has 1 aromatic heterocycles. The molecular formula is C14H18N4S. The van der Waals surface area contributed by atoms with Gasteiger partial charge in [-0.25, -0.2) is 4.98 Å². The molecule has 100 valence electrons. The largest absolute Gasteiger partial charge is 0.375 e. The molecule has 0 unspecified atom stereocenters. The van der Waals surface area contributed by atoms with Gasteiger partial charge in [0.25, 0.3) is 0 Å². The molecule has 0 spiro atoms. The number of piperazine rings is 1. The van der Waals surface area contributed by atoms with Crippen LogP contribution in [-0.2, 0) is 0 Å². The summed E-state index contributed by atoms with van der Waals surface area (Å²) >= 11 is 1.48. The van der Waals surface area contributed by atoms with Crippen LogP contribution in [0.25, 0.3) is 11.3 Å². The summed E-state index contributed by atoms with van der Waals surface area (Å²) < 4.78 is 0. The third-order valence-electron chi connectivity index (χ3n) is 3.55. The molecule has 5 heteroatoms. The summed E-state index contributed by atoms with van der Waals surface area (Å²) in [5, 5.41) is 2.62. The van der Waals surface area contributed by atoms with Crippen LogP contribution in [0.4, 0.5) is 10.8 Å². The minimum atomic E-state index is 0.623. The molecule has 0 amide bonds. The molecule has 0 bridgehead atoms. The van der Waals surface area contributed by atoms with E-state index in [4.69, 9.17) is 5.73 Å². The second-order valence-corrected chi connectivity index (χ2v) is 5.80.